The quantitative estimate of drug-likeness (QED) is 0.402. The van der Waals surface area contributed by atoms with E-state index in [0.717, 1.165) is 0 Å². The van der Waals surface area contributed by atoms with Crippen LogP contribution in [0.15, 0.2) is 78.9 Å². The molecule has 3 aromatic rings. The van der Waals surface area contributed by atoms with E-state index >= 15 is 0 Å². The van der Waals surface area contributed by atoms with E-state index in [0.29, 0.717) is 11.5 Å². The van der Waals surface area contributed by atoms with E-state index in [9.17, 15) is 19.5 Å². The molecule has 0 heterocycles. The molecule has 0 radical (unpaired) electrons. The molecule has 0 aliphatic carbocycles. The van der Waals surface area contributed by atoms with Gasteiger partial charge in [-0.25, -0.2) is 9.59 Å². The number of benzene rings is 3. The second-order valence-corrected chi connectivity index (χ2v) is 6.24. The number of carbonyl (C=O) groups is 3. The van der Waals surface area contributed by atoms with Crippen molar-refractivity contribution in [1.82, 2.24) is 0 Å². The number of carboxylic acid groups (broad SMARTS) is 1. The molecule has 0 saturated carbocycles. The van der Waals surface area contributed by atoms with Crippen molar-refractivity contribution in [3.05, 3.63) is 84.4 Å². The fourth-order valence-electron chi connectivity index (χ4n) is 2.55. The lowest BCUT2D eigenvalue weighted by molar-refractivity contribution is -0.136. The lowest BCUT2D eigenvalue weighted by Crippen LogP contribution is -2.22. The van der Waals surface area contributed by atoms with Gasteiger partial charge in [0, 0.05) is 6.07 Å². The highest BCUT2D eigenvalue weighted by atomic mass is 16.6. The van der Waals surface area contributed by atoms with Gasteiger partial charge in [-0.3, -0.25) is 4.79 Å². The van der Waals surface area contributed by atoms with Crippen molar-refractivity contribution in [3.63, 3.8) is 0 Å². The zero-order chi connectivity index (χ0) is 22.1. The van der Waals surface area contributed by atoms with Gasteiger partial charge < -0.3 is 24.6 Å². The minimum Gasteiger partial charge on any atom is -0.484 e. The smallest absolute Gasteiger partial charge is 0.349 e. The predicted octanol–water partition coefficient (Wildman–Crippen LogP) is 3.39. The molecule has 0 aliphatic heterocycles. The molecule has 158 valence electrons. The molecule has 1 amide bonds. The summed E-state index contributed by atoms with van der Waals surface area (Å²) in [7, 11) is 0. The molecule has 8 nitrogen and oxygen atoms in total. The van der Waals surface area contributed by atoms with E-state index in [1.807, 2.05) is 12.1 Å². The summed E-state index contributed by atoms with van der Waals surface area (Å²) >= 11 is 0. The number of rotatable bonds is 9. The van der Waals surface area contributed by atoms with Crippen molar-refractivity contribution >= 4 is 23.5 Å². The van der Waals surface area contributed by atoms with E-state index in [1.54, 1.807) is 48.5 Å². The van der Waals surface area contributed by atoms with Crippen LogP contribution in [0.3, 0.4) is 0 Å². The zero-order valence-corrected chi connectivity index (χ0v) is 16.3. The van der Waals surface area contributed by atoms with Crippen LogP contribution in [0.4, 0.5) is 5.69 Å². The molecule has 3 rings (SSSR count). The van der Waals surface area contributed by atoms with E-state index < -0.39 is 17.8 Å². The van der Waals surface area contributed by atoms with Crippen LogP contribution in [0.5, 0.6) is 17.2 Å². The molecule has 0 aromatic heterocycles. The average molecular weight is 421 g/mol. The summed E-state index contributed by atoms with van der Waals surface area (Å²) in [5.41, 5.74) is -0.183. The highest BCUT2D eigenvalue weighted by molar-refractivity contribution is 6.01. The lowest BCUT2D eigenvalue weighted by atomic mass is 10.1. The summed E-state index contributed by atoms with van der Waals surface area (Å²) in [4.78, 5) is 35.7. The van der Waals surface area contributed by atoms with E-state index in [1.165, 1.54) is 18.2 Å². The van der Waals surface area contributed by atoms with E-state index in [-0.39, 0.29) is 30.2 Å². The predicted molar refractivity (Wildman–Crippen MR) is 112 cm³/mol. The topological polar surface area (TPSA) is 111 Å². The number of esters is 1. The number of carboxylic acids is 1. The van der Waals surface area contributed by atoms with Crippen LogP contribution in [0.25, 0.3) is 0 Å². The van der Waals surface area contributed by atoms with Crippen molar-refractivity contribution in [2.24, 2.45) is 0 Å². The summed E-state index contributed by atoms with van der Waals surface area (Å²) < 4.78 is 15.8. The fraction of sp³-hybridized carbons (Fsp3) is 0.0870. The molecular formula is C23H19NO7. The van der Waals surface area contributed by atoms with Crippen molar-refractivity contribution < 1.29 is 33.7 Å². The lowest BCUT2D eigenvalue weighted by Gasteiger charge is -2.12. The number of amides is 1. The fourth-order valence-corrected chi connectivity index (χ4v) is 2.55. The summed E-state index contributed by atoms with van der Waals surface area (Å²) in [6, 6.07) is 21.2. The van der Waals surface area contributed by atoms with Crippen molar-refractivity contribution in [1.29, 1.82) is 0 Å². The van der Waals surface area contributed by atoms with Gasteiger partial charge in [-0.15, -0.1) is 0 Å². The third-order valence-electron chi connectivity index (χ3n) is 3.94. The molecule has 2 N–H and O–H groups in total. The van der Waals surface area contributed by atoms with Crippen LogP contribution in [-0.4, -0.2) is 36.2 Å². The van der Waals surface area contributed by atoms with Crippen molar-refractivity contribution in [2.45, 2.75) is 0 Å². The van der Waals surface area contributed by atoms with Gasteiger partial charge in [-0.1, -0.05) is 36.4 Å². The molecule has 0 atom stereocenters. The van der Waals surface area contributed by atoms with Gasteiger partial charge in [0.25, 0.3) is 5.91 Å². The molecule has 0 fully saturated rings. The molecular weight excluding hydrogens is 402 g/mol. The SMILES string of the molecule is O=C(COc1ccccc1)Nc1cc(OC(=O)COc2ccccc2)ccc1C(=O)O. The molecule has 0 spiro atoms. The Bertz CT molecular complexity index is 1050. The molecule has 0 bridgehead atoms. The number of hydrogen-bond donors (Lipinski definition) is 2. The number of ether oxygens (including phenoxy) is 3. The first-order valence-corrected chi connectivity index (χ1v) is 9.25. The molecule has 0 saturated heterocycles. The molecule has 3 aromatic carbocycles. The van der Waals surface area contributed by atoms with Gasteiger partial charge >= 0.3 is 11.9 Å². The Hall–Kier alpha value is -4.33. The van der Waals surface area contributed by atoms with Crippen LogP contribution in [0.1, 0.15) is 10.4 Å². The molecule has 0 aliphatic rings. The van der Waals surface area contributed by atoms with Gasteiger partial charge in [0.05, 0.1) is 11.3 Å². The molecule has 31 heavy (non-hydrogen) atoms. The van der Waals surface area contributed by atoms with Crippen LogP contribution < -0.4 is 19.5 Å². The van der Waals surface area contributed by atoms with Gasteiger partial charge in [0.15, 0.2) is 13.2 Å². The standard InChI is InChI=1S/C23H19NO7/c25-21(14-29-16-7-3-1-4-8-16)24-20-13-18(11-12-19(20)23(27)28)31-22(26)15-30-17-9-5-2-6-10-17/h1-13H,14-15H2,(H,24,25)(H,27,28). The Morgan fingerprint density at radius 3 is 1.90 bits per heavy atom. The van der Waals surface area contributed by atoms with Crippen LogP contribution in [0, 0.1) is 0 Å². The Morgan fingerprint density at radius 2 is 1.32 bits per heavy atom. The second-order valence-electron chi connectivity index (χ2n) is 6.24. The summed E-state index contributed by atoms with van der Waals surface area (Å²) in [5.74, 6) is -1.43. The third-order valence-corrected chi connectivity index (χ3v) is 3.94. The Morgan fingerprint density at radius 1 is 0.742 bits per heavy atom. The number of aromatic carboxylic acids is 1. The number of hydrogen-bond acceptors (Lipinski definition) is 6. The van der Waals surface area contributed by atoms with Crippen LogP contribution >= 0.6 is 0 Å². The maximum atomic E-state index is 12.2. The minimum absolute atomic E-state index is 0.0246. The first kappa shape index (κ1) is 21.4. The van der Waals surface area contributed by atoms with Gasteiger partial charge in [-0.2, -0.15) is 0 Å². The minimum atomic E-state index is -1.25. The average Bonchev–Trinajstić information content (AvgIpc) is 2.78. The number of anilines is 1. The maximum Gasteiger partial charge on any atom is 0.349 e. The number of carbonyl (C=O) groups excluding carboxylic acids is 2. The molecule has 8 heteroatoms. The second kappa shape index (κ2) is 10.4. The van der Waals surface area contributed by atoms with Crippen LogP contribution in [0.2, 0.25) is 0 Å². The highest BCUT2D eigenvalue weighted by Gasteiger charge is 2.16. The van der Waals surface area contributed by atoms with Gasteiger partial charge in [-0.05, 0) is 36.4 Å². The first-order chi connectivity index (χ1) is 15.0. The first-order valence-electron chi connectivity index (χ1n) is 9.25. The Kier molecular flexibility index (Phi) is 7.21. The van der Waals surface area contributed by atoms with Crippen LogP contribution in [-0.2, 0) is 9.59 Å². The third kappa shape index (κ3) is 6.60. The zero-order valence-electron chi connectivity index (χ0n) is 16.3. The van der Waals surface area contributed by atoms with Gasteiger partial charge in [0.2, 0.25) is 0 Å². The Balaban J connectivity index is 1.62. The molecule has 0 unspecified atom stereocenters. The van der Waals surface area contributed by atoms with Crippen molar-refractivity contribution in [3.8, 4) is 17.2 Å². The van der Waals surface area contributed by atoms with E-state index in [4.69, 9.17) is 14.2 Å². The summed E-state index contributed by atoms with van der Waals surface area (Å²) in [6.45, 7) is -0.657. The largest absolute Gasteiger partial charge is 0.484 e. The Labute approximate surface area is 178 Å². The summed E-state index contributed by atoms with van der Waals surface area (Å²) in [5, 5.41) is 11.8. The summed E-state index contributed by atoms with van der Waals surface area (Å²) in [6.07, 6.45) is 0. The number of nitrogens with one attached hydrogen (secondary N) is 1. The normalized spacial score (nSPS) is 10.1. The highest BCUT2D eigenvalue weighted by Crippen LogP contribution is 2.23. The van der Waals surface area contributed by atoms with Crippen molar-refractivity contribution in [2.75, 3.05) is 18.5 Å². The monoisotopic (exact) mass is 421 g/mol. The number of para-hydroxylation sites is 2. The van der Waals surface area contributed by atoms with E-state index in [2.05, 4.69) is 5.32 Å². The maximum absolute atomic E-state index is 12.2. The van der Waals surface area contributed by atoms with Gasteiger partial charge in [0.1, 0.15) is 17.2 Å².